The van der Waals surface area contributed by atoms with E-state index in [2.05, 4.69) is 20.4 Å². The number of nitrogens with zero attached hydrogens (tertiary/aromatic N) is 4. The molecule has 0 fully saturated rings. The number of hydrogen-bond donors (Lipinski definition) is 1. The first-order valence-electron chi connectivity index (χ1n) is 9.97. The molecule has 32 heavy (non-hydrogen) atoms. The van der Waals surface area contributed by atoms with Crippen LogP contribution in [-0.4, -0.2) is 25.7 Å². The molecular formula is C23H20FN5O2S. The molecule has 0 aliphatic rings. The molecule has 0 aliphatic carbocycles. The van der Waals surface area contributed by atoms with Crippen LogP contribution < -0.4 is 10.9 Å². The molecule has 0 saturated heterocycles. The Hall–Kier alpha value is -3.72. The number of carbonyl (C=O) groups excluding carboxylic acids is 1. The molecule has 0 atom stereocenters. The second-order valence-electron chi connectivity index (χ2n) is 7.30. The van der Waals surface area contributed by atoms with E-state index in [4.69, 9.17) is 0 Å². The molecule has 0 radical (unpaired) electrons. The Labute approximate surface area is 187 Å². The van der Waals surface area contributed by atoms with Gasteiger partial charge in [-0.15, -0.1) is 11.3 Å². The molecular weight excluding hydrogens is 429 g/mol. The number of benzene rings is 1. The van der Waals surface area contributed by atoms with E-state index in [1.165, 1.54) is 34.2 Å². The van der Waals surface area contributed by atoms with Crippen LogP contribution in [0.15, 0.2) is 65.6 Å². The molecule has 9 heteroatoms. The zero-order valence-electron chi connectivity index (χ0n) is 17.4. The van der Waals surface area contributed by atoms with Crippen LogP contribution in [0.25, 0.3) is 21.8 Å². The molecule has 4 rings (SSSR count). The van der Waals surface area contributed by atoms with E-state index in [-0.39, 0.29) is 34.9 Å². The maximum Gasteiger partial charge on any atom is 0.280 e. The van der Waals surface area contributed by atoms with Gasteiger partial charge < -0.3 is 5.32 Å². The van der Waals surface area contributed by atoms with Gasteiger partial charge in [-0.05, 0) is 56.3 Å². The summed E-state index contributed by atoms with van der Waals surface area (Å²) in [6.07, 6.45) is 1.66. The van der Waals surface area contributed by atoms with Crippen molar-refractivity contribution in [3.63, 3.8) is 0 Å². The van der Waals surface area contributed by atoms with Crippen LogP contribution in [0.4, 0.5) is 4.39 Å². The van der Waals surface area contributed by atoms with Gasteiger partial charge in [0.1, 0.15) is 11.5 Å². The van der Waals surface area contributed by atoms with Crippen LogP contribution in [0.3, 0.4) is 0 Å². The first-order valence-corrected chi connectivity index (χ1v) is 10.8. The normalized spacial score (nSPS) is 11.0. The second-order valence-corrected chi connectivity index (χ2v) is 8.30. The number of pyridine rings is 1. The third-order valence-electron chi connectivity index (χ3n) is 4.64. The summed E-state index contributed by atoms with van der Waals surface area (Å²) in [4.78, 5) is 34.3. The van der Waals surface area contributed by atoms with Gasteiger partial charge in [0, 0.05) is 17.8 Å². The topological polar surface area (TPSA) is 89.8 Å². The predicted molar refractivity (Wildman–Crippen MR) is 121 cm³/mol. The van der Waals surface area contributed by atoms with Gasteiger partial charge in [-0.3, -0.25) is 14.6 Å². The monoisotopic (exact) mass is 449 g/mol. The van der Waals surface area contributed by atoms with Crippen LogP contribution in [0.5, 0.6) is 0 Å². The van der Waals surface area contributed by atoms with Crippen molar-refractivity contribution >= 4 is 17.2 Å². The number of aromatic nitrogens is 4. The van der Waals surface area contributed by atoms with Crippen molar-refractivity contribution in [3.8, 4) is 21.8 Å². The van der Waals surface area contributed by atoms with Gasteiger partial charge in [-0.25, -0.2) is 14.1 Å². The highest BCUT2D eigenvalue weighted by molar-refractivity contribution is 7.17. The third-order valence-corrected chi connectivity index (χ3v) is 5.72. The molecule has 0 aliphatic heterocycles. The number of halogens is 1. The van der Waals surface area contributed by atoms with Gasteiger partial charge in [0.2, 0.25) is 0 Å². The second kappa shape index (κ2) is 9.19. The van der Waals surface area contributed by atoms with Crippen molar-refractivity contribution in [2.24, 2.45) is 0 Å². The summed E-state index contributed by atoms with van der Waals surface area (Å²) in [5.41, 5.74) is 2.16. The minimum atomic E-state index is -0.370. The van der Waals surface area contributed by atoms with Crippen molar-refractivity contribution in [2.75, 3.05) is 0 Å². The zero-order chi connectivity index (χ0) is 22.7. The Morgan fingerprint density at radius 3 is 2.59 bits per heavy atom. The molecule has 0 bridgehead atoms. The Balaban J connectivity index is 1.74. The summed E-state index contributed by atoms with van der Waals surface area (Å²) in [7, 11) is 0. The summed E-state index contributed by atoms with van der Waals surface area (Å²) in [6.45, 7) is 3.99. The van der Waals surface area contributed by atoms with Crippen molar-refractivity contribution in [2.45, 2.75) is 26.4 Å². The molecule has 3 heterocycles. The number of nitrogens with one attached hydrogen (secondary N) is 1. The first-order chi connectivity index (χ1) is 15.4. The SMILES string of the molecule is CC(C)n1nc(-c2sc(C(=O)NCc3ccccn3)nc2-c2ccc(F)cc2)ccc1=O. The third kappa shape index (κ3) is 4.62. The van der Waals surface area contributed by atoms with E-state index in [0.29, 0.717) is 21.8 Å². The molecule has 0 saturated carbocycles. The Kier molecular flexibility index (Phi) is 6.18. The lowest BCUT2D eigenvalue weighted by atomic mass is 10.1. The van der Waals surface area contributed by atoms with Gasteiger partial charge in [0.15, 0.2) is 5.01 Å². The molecule has 0 unspecified atom stereocenters. The van der Waals surface area contributed by atoms with Crippen LogP contribution in [0.2, 0.25) is 0 Å². The summed E-state index contributed by atoms with van der Waals surface area (Å²) in [5.74, 6) is -0.724. The van der Waals surface area contributed by atoms with Crippen molar-refractivity contribution in [1.29, 1.82) is 0 Å². The Bertz CT molecular complexity index is 1300. The van der Waals surface area contributed by atoms with Crippen molar-refractivity contribution in [1.82, 2.24) is 25.1 Å². The Morgan fingerprint density at radius 2 is 1.91 bits per heavy atom. The van der Waals surface area contributed by atoms with Crippen LogP contribution in [0.1, 0.15) is 35.4 Å². The highest BCUT2D eigenvalue weighted by Gasteiger charge is 2.21. The number of thiazole rings is 1. The maximum absolute atomic E-state index is 13.5. The molecule has 1 aromatic carbocycles. The standard InChI is InChI=1S/C23H20FN5O2S/c1-14(2)29-19(30)11-10-18(28-29)21-20(15-6-8-16(24)9-7-15)27-23(32-21)22(31)26-13-17-5-3-4-12-25-17/h3-12,14H,13H2,1-2H3,(H,26,31). The lowest BCUT2D eigenvalue weighted by Crippen LogP contribution is -2.23. The Morgan fingerprint density at radius 1 is 1.12 bits per heavy atom. The van der Waals surface area contributed by atoms with Gasteiger partial charge in [0.05, 0.1) is 28.9 Å². The molecule has 0 spiro atoms. The summed E-state index contributed by atoms with van der Waals surface area (Å²) >= 11 is 1.17. The molecule has 162 valence electrons. The minimum absolute atomic E-state index is 0.134. The lowest BCUT2D eigenvalue weighted by molar-refractivity contribution is 0.0950. The van der Waals surface area contributed by atoms with Crippen LogP contribution >= 0.6 is 11.3 Å². The molecule has 1 N–H and O–H groups in total. The van der Waals surface area contributed by atoms with E-state index < -0.39 is 0 Å². The largest absolute Gasteiger partial charge is 0.344 e. The fourth-order valence-electron chi connectivity index (χ4n) is 3.06. The average molecular weight is 450 g/mol. The predicted octanol–water partition coefficient (Wildman–Crippen LogP) is 4.08. The highest BCUT2D eigenvalue weighted by Crippen LogP contribution is 2.35. The number of carbonyl (C=O) groups is 1. The molecule has 1 amide bonds. The van der Waals surface area contributed by atoms with E-state index in [9.17, 15) is 14.0 Å². The molecule has 7 nitrogen and oxygen atoms in total. The summed E-state index contributed by atoms with van der Waals surface area (Å²) in [5, 5.41) is 7.52. The first kappa shape index (κ1) is 21.5. The van der Waals surface area contributed by atoms with E-state index in [1.54, 1.807) is 30.5 Å². The van der Waals surface area contributed by atoms with Gasteiger partial charge in [0.25, 0.3) is 11.5 Å². The smallest absolute Gasteiger partial charge is 0.280 e. The quantitative estimate of drug-likeness (QED) is 0.479. The fourth-order valence-corrected chi connectivity index (χ4v) is 4.03. The van der Waals surface area contributed by atoms with E-state index in [0.717, 1.165) is 5.69 Å². The number of rotatable bonds is 6. The number of hydrogen-bond acceptors (Lipinski definition) is 6. The average Bonchev–Trinajstić information content (AvgIpc) is 3.24. The lowest BCUT2D eigenvalue weighted by Gasteiger charge is -2.09. The highest BCUT2D eigenvalue weighted by atomic mass is 32.1. The maximum atomic E-state index is 13.5. The fraction of sp³-hybridized carbons (Fsp3) is 0.174. The van der Waals surface area contributed by atoms with Crippen molar-refractivity contribution < 1.29 is 9.18 Å². The molecule has 4 aromatic rings. The zero-order valence-corrected chi connectivity index (χ0v) is 18.3. The van der Waals surface area contributed by atoms with Crippen molar-refractivity contribution in [3.05, 3.63) is 87.7 Å². The van der Waals surface area contributed by atoms with Crippen LogP contribution in [-0.2, 0) is 6.54 Å². The molecule has 3 aromatic heterocycles. The van der Waals surface area contributed by atoms with Gasteiger partial charge >= 0.3 is 0 Å². The summed E-state index contributed by atoms with van der Waals surface area (Å²) in [6, 6.07) is 14.2. The number of amides is 1. The van der Waals surface area contributed by atoms with E-state index >= 15 is 0 Å². The van der Waals surface area contributed by atoms with Gasteiger partial charge in [-0.2, -0.15) is 5.10 Å². The van der Waals surface area contributed by atoms with Gasteiger partial charge in [-0.1, -0.05) is 6.07 Å². The minimum Gasteiger partial charge on any atom is -0.344 e. The van der Waals surface area contributed by atoms with Crippen LogP contribution in [0, 0.1) is 5.82 Å². The van der Waals surface area contributed by atoms with E-state index in [1.807, 2.05) is 26.0 Å². The summed E-state index contributed by atoms with van der Waals surface area (Å²) < 4.78 is 14.8.